The van der Waals surface area contributed by atoms with Crippen molar-refractivity contribution in [2.24, 2.45) is 29.1 Å². The van der Waals surface area contributed by atoms with E-state index < -0.39 is 77.5 Å². The highest BCUT2D eigenvalue weighted by molar-refractivity contribution is 6.03. The highest BCUT2D eigenvalue weighted by Gasteiger charge is 2.44. The fourth-order valence-corrected chi connectivity index (χ4v) is 8.86. The smallest absolute Gasteiger partial charge is 0.330 e. The summed E-state index contributed by atoms with van der Waals surface area (Å²) in [7, 11) is 0. The molecule has 0 heterocycles. The topological polar surface area (TPSA) is 383 Å². The first-order valence-electron chi connectivity index (χ1n) is 29.7. The van der Waals surface area contributed by atoms with Gasteiger partial charge in [-0.3, -0.25) is 38.4 Å². The Balaban J connectivity index is 0.00000177. The predicted molar refractivity (Wildman–Crippen MR) is 307 cm³/mol. The maximum Gasteiger partial charge on any atom is 0.330 e. The summed E-state index contributed by atoms with van der Waals surface area (Å²) in [6.45, 7) is 14.6. The lowest BCUT2D eigenvalue weighted by atomic mass is 9.76. The van der Waals surface area contributed by atoms with Crippen LogP contribution in [0.3, 0.4) is 0 Å². The van der Waals surface area contributed by atoms with E-state index in [4.69, 9.17) is 56.8 Å². The molecule has 4 unspecified atom stereocenters. The summed E-state index contributed by atoms with van der Waals surface area (Å²) in [4.78, 5) is 116. The van der Waals surface area contributed by atoms with Gasteiger partial charge in [-0.2, -0.15) is 0 Å². The fourth-order valence-electron chi connectivity index (χ4n) is 8.86. The van der Waals surface area contributed by atoms with Gasteiger partial charge in [-0.05, 0) is 102 Å². The Morgan fingerprint density at radius 1 is 0.437 bits per heavy atom. The Labute approximate surface area is 510 Å². The van der Waals surface area contributed by atoms with E-state index in [-0.39, 0.29) is 135 Å². The van der Waals surface area contributed by atoms with Gasteiger partial charge in [0.2, 0.25) is 0 Å². The van der Waals surface area contributed by atoms with Crippen LogP contribution in [-0.4, -0.2) is 211 Å². The molecule has 0 amide bonds. The van der Waals surface area contributed by atoms with Crippen molar-refractivity contribution in [3.05, 3.63) is 25.3 Å². The normalized spacial score (nSPS) is 17.9. The SMILES string of the molecule is C=CC(=O)OCCC(=O)OCC(O)COCC1CCC(COCC(O)COC(=O)CCOC(=O)CCC(CCC)(C(C)=O)C(=O)OCC)CC1.C=CC(=O)OCCC(=O)OCCCOCC1CCC(COCC(O)COC(=O)CCOC(C)=O)CC1.O. The number of hydrogen-bond acceptors (Lipinski definition) is 26. The van der Waals surface area contributed by atoms with E-state index in [1.807, 2.05) is 6.92 Å². The summed E-state index contributed by atoms with van der Waals surface area (Å²) < 4.78 is 66.7. The molecule has 0 radical (unpaired) electrons. The zero-order chi connectivity index (χ0) is 64.0. The minimum atomic E-state index is -1.41. The van der Waals surface area contributed by atoms with Gasteiger partial charge in [0.1, 0.15) is 75.8 Å². The van der Waals surface area contributed by atoms with Crippen LogP contribution in [0.1, 0.15) is 137 Å². The third-order valence-corrected chi connectivity index (χ3v) is 13.7. The van der Waals surface area contributed by atoms with E-state index in [1.54, 1.807) is 6.92 Å². The van der Waals surface area contributed by atoms with Gasteiger partial charge < -0.3 is 82.4 Å². The number of aliphatic hydroxyl groups excluding tert-OH is 3. The van der Waals surface area contributed by atoms with Crippen molar-refractivity contribution in [3.8, 4) is 0 Å². The first-order chi connectivity index (χ1) is 41.2. The van der Waals surface area contributed by atoms with Crippen molar-refractivity contribution < 1.29 is 130 Å². The fraction of sp³-hybridized carbons (Fsp3) is 0.767. The van der Waals surface area contributed by atoms with E-state index in [2.05, 4.69) is 17.9 Å². The number of ketones is 1. The van der Waals surface area contributed by atoms with Gasteiger partial charge in [0.05, 0.1) is 58.7 Å². The van der Waals surface area contributed by atoms with Gasteiger partial charge in [-0.1, -0.05) is 26.5 Å². The molecule has 0 spiro atoms. The van der Waals surface area contributed by atoms with Gasteiger partial charge in [0, 0.05) is 65.0 Å². The zero-order valence-electron chi connectivity index (χ0n) is 51.4. The Hall–Kier alpha value is -5.94. The second kappa shape index (κ2) is 50.0. The van der Waals surface area contributed by atoms with Gasteiger partial charge in [0.25, 0.3) is 0 Å². The van der Waals surface area contributed by atoms with Crippen LogP contribution in [0.15, 0.2) is 25.3 Å². The summed E-state index contributed by atoms with van der Waals surface area (Å²) in [5, 5.41) is 30.0. The van der Waals surface area contributed by atoms with Crippen LogP contribution in [-0.2, 0) is 110 Å². The van der Waals surface area contributed by atoms with Crippen LogP contribution >= 0.6 is 0 Å². The Morgan fingerprint density at radius 2 is 0.782 bits per heavy atom. The van der Waals surface area contributed by atoms with Crippen LogP contribution in [0.2, 0.25) is 0 Å². The standard InChI is InChI=1S/C35H56O15.C25H40O11.H2O/c1-5-15-35(25(4)36,34(43)46-7-3)16-12-31(40)48-18-14-33(42)50-24-29(38)22-45-20-27-10-8-26(9-11-27)19-44-21-28(37)23-49-32(41)13-17-47-30(39)6-2;1-3-23(28)35-14-10-24(29)34-12-4-11-31-15-20-5-7-21(8-6-20)16-32-17-22(27)18-36-25(30)9-13-33-19(2)26;/h6,26-29,37-38H,2,5,7-24H2,1,3-4H3;3,20-22,27H,1,4-18H2,2H3;1H2. The van der Waals surface area contributed by atoms with Crippen molar-refractivity contribution in [3.63, 3.8) is 0 Å². The number of aliphatic hydroxyl groups is 3. The van der Waals surface area contributed by atoms with Crippen molar-refractivity contribution in [2.45, 2.75) is 155 Å². The number of esters is 9. The van der Waals surface area contributed by atoms with E-state index >= 15 is 0 Å². The molecule has 0 aliphatic heterocycles. The summed E-state index contributed by atoms with van der Waals surface area (Å²) in [6, 6.07) is 0. The predicted octanol–water partition coefficient (Wildman–Crippen LogP) is 3.32. The number of Topliss-reactive ketones (excluding diaryl/α,β-unsaturated/α-hetero) is 1. The third-order valence-electron chi connectivity index (χ3n) is 13.7. The molecule has 2 saturated carbocycles. The second-order valence-corrected chi connectivity index (χ2v) is 21.0. The zero-order valence-corrected chi connectivity index (χ0v) is 51.4. The van der Waals surface area contributed by atoms with Crippen molar-refractivity contribution in [2.75, 3.05) is 112 Å². The molecule has 0 aromatic heterocycles. The summed E-state index contributed by atoms with van der Waals surface area (Å²) in [5.41, 5.74) is -1.41. The molecule has 5 N–H and O–H groups in total. The molecule has 4 atom stereocenters. The largest absolute Gasteiger partial charge is 0.465 e. The molecule has 2 aliphatic carbocycles. The summed E-state index contributed by atoms with van der Waals surface area (Å²) in [6.07, 6.45) is 7.67. The first-order valence-corrected chi connectivity index (χ1v) is 29.7. The van der Waals surface area contributed by atoms with Gasteiger partial charge in [-0.25, -0.2) is 9.59 Å². The molecule has 0 bridgehead atoms. The Kier molecular flexibility index (Phi) is 46.6. The molecule has 0 aromatic carbocycles. The van der Waals surface area contributed by atoms with Crippen LogP contribution in [0, 0.1) is 29.1 Å². The van der Waals surface area contributed by atoms with Gasteiger partial charge in [-0.15, -0.1) is 0 Å². The molecule has 2 aliphatic rings. The molecule has 2 rings (SSSR count). The van der Waals surface area contributed by atoms with E-state index in [0.29, 0.717) is 69.5 Å². The molecule has 0 aromatic rings. The Bertz CT molecular complexity index is 2010. The summed E-state index contributed by atoms with van der Waals surface area (Å²) in [5.74, 6) is -4.01. The molecule has 500 valence electrons. The molecular weight excluding hydrogens is 1150 g/mol. The molecule has 2 fully saturated rings. The van der Waals surface area contributed by atoms with Crippen LogP contribution < -0.4 is 0 Å². The maximum atomic E-state index is 12.5. The number of rotatable bonds is 46. The van der Waals surface area contributed by atoms with Crippen molar-refractivity contribution in [1.82, 2.24) is 0 Å². The molecular formula is C60H98O27. The third kappa shape index (κ3) is 41.0. The van der Waals surface area contributed by atoms with Crippen LogP contribution in [0.4, 0.5) is 0 Å². The molecule has 0 saturated heterocycles. The molecule has 27 heteroatoms. The van der Waals surface area contributed by atoms with Gasteiger partial charge in [0.15, 0.2) is 0 Å². The Morgan fingerprint density at radius 3 is 1.14 bits per heavy atom. The molecule has 87 heavy (non-hydrogen) atoms. The number of ether oxygens (including phenoxy) is 13. The minimum absolute atomic E-state index is 0. The lowest BCUT2D eigenvalue weighted by molar-refractivity contribution is -0.162. The lowest BCUT2D eigenvalue weighted by Gasteiger charge is -2.28. The summed E-state index contributed by atoms with van der Waals surface area (Å²) >= 11 is 0. The van der Waals surface area contributed by atoms with E-state index in [1.165, 1.54) is 13.8 Å². The lowest BCUT2D eigenvalue weighted by Crippen LogP contribution is -2.40. The minimum Gasteiger partial charge on any atom is -0.465 e. The molecule has 27 nitrogen and oxygen atoms in total. The number of carbonyl (C=O) groups is 10. The van der Waals surface area contributed by atoms with Gasteiger partial charge >= 0.3 is 53.7 Å². The van der Waals surface area contributed by atoms with Crippen molar-refractivity contribution >= 4 is 59.5 Å². The quantitative estimate of drug-likeness (QED) is 0.0259. The monoisotopic (exact) mass is 1250 g/mol. The highest BCUT2D eigenvalue weighted by Crippen LogP contribution is 2.34. The van der Waals surface area contributed by atoms with Crippen LogP contribution in [0.25, 0.3) is 0 Å². The first kappa shape index (κ1) is 81.1. The van der Waals surface area contributed by atoms with E-state index in [9.17, 15) is 63.3 Å². The van der Waals surface area contributed by atoms with Crippen LogP contribution in [0.5, 0.6) is 0 Å². The van der Waals surface area contributed by atoms with E-state index in [0.717, 1.165) is 63.5 Å². The average Bonchev–Trinajstić information content (AvgIpc) is 2.08. The number of carbonyl (C=O) groups excluding carboxylic acids is 10. The number of hydrogen-bond donors (Lipinski definition) is 3. The highest BCUT2D eigenvalue weighted by atomic mass is 16.6. The second-order valence-electron chi connectivity index (χ2n) is 21.0. The maximum absolute atomic E-state index is 12.5. The van der Waals surface area contributed by atoms with Crippen molar-refractivity contribution in [1.29, 1.82) is 0 Å². The average molecular weight is 1250 g/mol.